The van der Waals surface area contributed by atoms with Gasteiger partial charge in [-0.25, -0.2) is 0 Å². The molecule has 1 saturated heterocycles. The van der Waals surface area contributed by atoms with Crippen LogP contribution < -0.4 is 10.6 Å². The number of aryl methyl sites for hydroxylation is 1. The van der Waals surface area contributed by atoms with Crippen molar-refractivity contribution in [3.8, 4) is 0 Å². The number of nitrogens with one attached hydrogen (secondary N) is 2. The summed E-state index contributed by atoms with van der Waals surface area (Å²) in [5.74, 6) is 0.0322. The molecule has 1 atom stereocenters. The van der Waals surface area contributed by atoms with Crippen molar-refractivity contribution in [1.29, 1.82) is 0 Å². The summed E-state index contributed by atoms with van der Waals surface area (Å²) < 4.78 is 6.24. The first-order chi connectivity index (χ1) is 9.07. The number of ether oxygens (including phenoxy) is 1. The average Bonchev–Trinajstić information content (AvgIpc) is 2.83. The Morgan fingerprint density at radius 2 is 2.37 bits per heavy atom. The Bertz CT molecular complexity index is 471. The summed E-state index contributed by atoms with van der Waals surface area (Å²) in [5.41, 5.74) is 1.45. The summed E-state index contributed by atoms with van der Waals surface area (Å²) in [6.07, 6.45) is 0.808. The number of anilines is 1. The molecular formula is C14H19BrN2O2. The van der Waals surface area contributed by atoms with E-state index in [-0.39, 0.29) is 5.91 Å². The SMILES string of the molecule is COCC1(C(=O)Nc2ccc(Br)cc2C)CCNC1. The van der Waals surface area contributed by atoms with Gasteiger partial charge in [0.1, 0.15) is 0 Å². The molecule has 2 rings (SSSR count). The van der Waals surface area contributed by atoms with Gasteiger partial charge in [0.05, 0.1) is 12.0 Å². The normalized spacial score (nSPS) is 22.5. The minimum Gasteiger partial charge on any atom is -0.384 e. The lowest BCUT2D eigenvalue weighted by molar-refractivity contribution is -0.127. The summed E-state index contributed by atoms with van der Waals surface area (Å²) in [4.78, 5) is 12.5. The summed E-state index contributed by atoms with van der Waals surface area (Å²) in [5, 5.41) is 6.27. The van der Waals surface area contributed by atoms with Crippen LogP contribution >= 0.6 is 15.9 Å². The molecule has 2 N–H and O–H groups in total. The maximum absolute atomic E-state index is 12.5. The molecule has 0 aromatic heterocycles. The number of rotatable bonds is 4. The largest absolute Gasteiger partial charge is 0.384 e. The van der Waals surface area contributed by atoms with E-state index >= 15 is 0 Å². The molecule has 5 heteroatoms. The molecule has 1 heterocycles. The van der Waals surface area contributed by atoms with Crippen molar-refractivity contribution in [3.63, 3.8) is 0 Å². The van der Waals surface area contributed by atoms with E-state index in [1.54, 1.807) is 7.11 Å². The van der Waals surface area contributed by atoms with E-state index in [0.29, 0.717) is 13.2 Å². The van der Waals surface area contributed by atoms with Crippen molar-refractivity contribution < 1.29 is 9.53 Å². The first-order valence-electron chi connectivity index (χ1n) is 6.35. The van der Waals surface area contributed by atoms with Gasteiger partial charge in [-0.15, -0.1) is 0 Å². The van der Waals surface area contributed by atoms with Crippen LogP contribution in [0, 0.1) is 12.3 Å². The molecule has 1 aromatic rings. The van der Waals surface area contributed by atoms with Crippen LogP contribution in [0.25, 0.3) is 0 Å². The van der Waals surface area contributed by atoms with Crippen molar-refractivity contribution in [2.45, 2.75) is 13.3 Å². The monoisotopic (exact) mass is 326 g/mol. The Balaban J connectivity index is 2.15. The predicted octanol–water partition coefficient (Wildman–Crippen LogP) is 2.32. The van der Waals surface area contributed by atoms with Gasteiger partial charge in [0, 0.05) is 23.8 Å². The van der Waals surface area contributed by atoms with Gasteiger partial charge in [0.15, 0.2) is 0 Å². The molecule has 1 unspecified atom stereocenters. The maximum atomic E-state index is 12.5. The summed E-state index contributed by atoms with van der Waals surface area (Å²) >= 11 is 3.42. The topological polar surface area (TPSA) is 50.4 Å². The number of carbonyl (C=O) groups is 1. The van der Waals surface area contributed by atoms with Gasteiger partial charge in [-0.3, -0.25) is 4.79 Å². The van der Waals surface area contributed by atoms with E-state index in [2.05, 4.69) is 26.6 Å². The Morgan fingerprint density at radius 1 is 1.58 bits per heavy atom. The fraction of sp³-hybridized carbons (Fsp3) is 0.500. The molecule has 104 valence electrons. The van der Waals surface area contributed by atoms with Crippen LogP contribution in [-0.4, -0.2) is 32.7 Å². The van der Waals surface area contributed by atoms with Gasteiger partial charge in [0.25, 0.3) is 0 Å². The molecule has 1 aliphatic heterocycles. The third-order valence-electron chi connectivity index (χ3n) is 3.58. The van der Waals surface area contributed by atoms with E-state index in [1.165, 1.54) is 0 Å². The minimum atomic E-state index is -0.450. The quantitative estimate of drug-likeness (QED) is 0.892. The molecule has 19 heavy (non-hydrogen) atoms. The average molecular weight is 327 g/mol. The lowest BCUT2D eigenvalue weighted by Gasteiger charge is -2.26. The maximum Gasteiger partial charge on any atom is 0.234 e. The molecule has 1 aromatic carbocycles. The third-order valence-corrected chi connectivity index (χ3v) is 4.08. The number of benzene rings is 1. The number of hydrogen-bond acceptors (Lipinski definition) is 3. The minimum absolute atomic E-state index is 0.0322. The number of hydrogen-bond donors (Lipinski definition) is 2. The van der Waals surface area contributed by atoms with Gasteiger partial charge in [-0.2, -0.15) is 0 Å². The fourth-order valence-corrected chi connectivity index (χ4v) is 2.90. The molecule has 1 fully saturated rings. The summed E-state index contributed by atoms with van der Waals surface area (Å²) in [6.45, 7) is 3.95. The van der Waals surface area contributed by atoms with E-state index < -0.39 is 5.41 Å². The number of amides is 1. The lowest BCUT2D eigenvalue weighted by Crippen LogP contribution is -2.41. The van der Waals surface area contributed by atoms with E-state index in [4.69, 9.17) is 4.74 Å². The first-order valence-corrected chi connectivity index (χ1v) is 7.14. The van der Waals surface area contributed by atoms with Gasteiger partial charge >= 0.3 is 0 Å². The highest BCUT2D eigenvalue weighted by Gasteiger charge is 2.41. The van der Waals surface area contributed by atoms with Crippen molar-refractivity contribution in [3.05, 3.63) is 28.2 Å². The smallest absolute Gasteiger partial charge is 0.234 e. The highest BCUT2D eigenvalue weighted by Crippen LogP contribution is 2.29. The zero-order valence-electron chi connectivity index (χ0n) is 11.3. The van der Waals surface area contributed by atoms with Crippen molar-refractivity contribution in [1.82, 2.24) is 5.32 Å². The van der Waals surface area contributed by atoms with Crippen LogP contribution in [0.3, 0.4) is 0 Å². The van der Waals surface area contributed by atoms with Crippen LogP contribution in [0.5, 0.6) is 0 Å². The lowest BCUT2D eigenvalue weighted by atomic mass is 9.87. The second-order valence-electron chi connectivity index (χ2n) is 5.05. The highest BCUT2D eigenvalue weighted by atomic mass is 79.9. The van der Waals surface area contributed by atoms with Crippen molar-refractivity contribution in [2.24, 2.45) is 5.41 Å². The molecular weight excluding hydrogens is 308 g/mol. The fourth-order valence-electron chi connectivity index (χ4n) is 2.42. The van der Waals surface area contributed by atoms with Crippen molar-refractivity contribution in [2.75, 3.05) is 32.1 Å². The zero-order valence-corrected chi connectivity index (χ0v) is 12.8. The van der Waals surface area contributed by atoms with Gasteiger partial charge in [0.2, 0.25) is 5.91 Å². The van der Waals surface area contributed by atoms with Crippen LogP contribution in [0.4, 0.5) is 5.69 Å². The van der Waals surface area contributed by atoms with Gasteiger partial charge < -0.3 is 15.4 Å². The third kappa shape index (κ3) is 3.16. The van der Waals surface area contributed by atoms with E-state index in [0.717, 1.165) is 28.7 Å². The second-order valence-corrected chi connectivity index (χ2v) is 5.97. The zero-order chi connectivity index (χ0) is 13.9. The van der Waals surface area contributed by atoms with E-state index in [9.17, 15) is 4.79 Å². The molecule has 0 bridgehead atoms. The molecule has 4 nitrogen and oxygen atoms in total. The molecule has 1 aliphatic rings. The summed E-state index contributed by atoms with van der Waals surface area (Å²) in [6, 6.07) is 5.84. The van der Waals surface area contributed by atoms with Crippen molar-refractivity contribution >= 4 is 27.5 Å². The summed E-state index contributed by atoms with van der Waals surface area (Å²) in [7, 11) is 1.64. The van der Waals surface area contributed by atoms with Crippen LogP contribution in [0.1, 0.15) is 12.0 Å². The number of carbonyl (C=O) groups excluding carboxylic acids is 1. The van der Waals surface area contributed by atoms with Gasteiger partial charge in [-0.1, -0.05) is 15.9 Å². The highest BCUT2D eigenvalue weighted by molar-refractivity contribution is 9.10. The van der Waals surface area contributed by atoms with Crippen LogP contribution in [-0.2, 0) is 9.53 Å². The Morgan fingerprint density at radius 3 is 2.95 bits per heavy atom. The standard InChI is InChI=1S/C14H19BrN2O2/c1-10-7-11(15)3-4-12(10)17-13(18)14(9-19-2)5-6-16-8-14/h3-4,7,16H,5-6,8-9H2,1-2H3,(H,17,18). The first kappa shape index (κ1) is 14.5. The Kier molecular flexibility index (Phi) is 4.60. The Hall–Kier alpha value is -0.910. The molecule has 0 spiro atoms. The molecule has 0 saturated carbocycles. The van der Waals surface area contributed by atoms with Gasteiger partial charge in [-0.05, 0) is 43.7 Å². The number of halogens is 1. The predicted molar refractivity (Wildman–Crippen MR) is 79.3 cm³/mol. The van der Waals surface area contributed by atoms with Crippen LogP contribution in [0.2, 0.25) is 0 Å². The molecule has 1 amide bonds. The second kappa shape index (κ2) is 6.03. The molecule has 0 radical (unpaired) electrons. The van der Waals surface area contributed by atoms with E-state index in [1.807, 2.05) is 25.1 Å². The molecule has 0 aliphatic carbocycles. The van der Waals surface area contributed by atoms with Crippen LogP contribution in [0.15, 0.2) is 22.7 Å². The number of methoxy groups -OCH3 is 1. The Labute approximate surface area is 122 Å².